The monoisotopic (exact) mass is 392 g/mol. The van der Waals surface area contributed by atoms with E-state index in [9.17, 15) is 25.6 Å². The van der Waals surface area contributed by atoms with Gasteiger partial charge in [-0.15, -0.1) is 0 Å². The molecule has 0 aliphatic heterocycles. The van der Waals surface area contributed by atoms with Crippen molar-refractivity contribution in [3.8, 4) is 5.88 Å². The number of alkyl halides is 2. The number of sulfone groups is 1. The summed E-state index contributed by atoms with van der Waals surface area (Å²) in [5.41, 5.74) is 0. The molecule has 2 rings (SSSR count). The van der Waals surface area contributed by atoms with Gasteiger partial charge in [0.1, 0.15) is 5.82 Å². The second kappa shape index (κ2) is 6.92. The van der Waals surface area contributed by atoms with Gasteiger partial charge in [0.15, 0.2) is 0 Å². The molecule has 0 N–H and O–H groups in total. The molecule has 0 amide bonds. The van der Waals surface area contributed by atoms with Crippen LogP contribution in [-0.2, 0) is 19.9 Å². The Kier molecular flexibility index (Phi) is 5.28. The minimum Gasteiger partial charge on any atom is -0.481 e. The Labute approximate surface area is 143 Å². The summed E-state index contributed by atoms with van der Waals surface area (Å²) in [6.07, 6.45) is 0. The first-order chi connectivity index (χ1) is 11.6. The fourth-order valence-electron chi connectivity index (χ4n) is 1.88. The number of nitrogens with zero attached hydrogens (tertiary/aromatic N) is 2. The molecular formula is C14H14F2N2O5S2. The van der Waals surface area contributed by atoms with Crippen LogP contribution in [0, 0.1) is 0 Å². The minimum absolute atomic E-state index is 0.0728. The smallest absolute Gasteiger partial charge is 0.341 e. The number of halogens is 2. The highest BCUT2D eigenvalue weighted by molar-refractivity contribution is 7.93. The second-order valence-electron chi connectivity index (χ2n) is 4.79. The number of sulfonamides is 1. The van der Waals surface area contributed by atoms with Gasteiger partial charge in [0.2, 0.25) is 15.7 Å². The van der Waals surface area contributed by atoms with Crippen LogP contribution < -0.4 is 9.04 Å². The maximum atomic E-state index is 12.6. The topological polar surface area (TPSA) is 93.6 Å². The zero-order valence-electron chi connectivity index (χ0n) is 13.1. The van der Waals surface area contributed by atoms with Crippen molar-refractivity contribution in [2.24, 2.45) is 0 Å². The van der Waals surface area contributed by atoms with Crippen molar-refractivity contribution in [1.82, 2.24) is 4.98 Å². The highest BCUT2D eigenvalue weighted by atomic mass is 32.2. The van der Waals surface area contributed by atoms with Crippen LogP contribution in [0.1, 0.15) is 0 Å². The minimum atomic E-state index is -4.79. The SMILES string of the molecule is COc1cccc(N(C)S(=O)(=O)c2ccc(S(=O)(=O)C(F)F)cc2)n1. The van der Waals surface area contributed by atoms with E-state index in [-0.39, 0.29) is 16.6 Å². The highest BCUT2D eigenvalue weighted by Gasteiger charge is 2.28. The second-order valence-corrected chi connectivity index (χ2v) is 8.67. The lowest BCUT2D eigenvalue weighted by Crippen LogP contribution is -2.27. The van der Waals surface area contributed by atoms with Crippen LogP contribution in [0.15, 0.2) is 52.3 Å². The fourth-order valence-corrected chi connectivity index (χ4v) is 3.74. The predicted molar refractivity (Wildman–Crippen MR) is 86.0 cm³/mol. The van der Waals surface area contributed by atoms with Crippen molar-refractivity contribution in [2.45, 2.75) is 15.5 Å². The molecule has 11 heteroatoms. The Morgan fingerprint density at radius 3 is 2.08 bits per heavy atom. The van der Waals surface area contributed by atoms with E-state index in [1.165, 1.54) is 26.3 Å². The Hall–Kier alpha value is -2.27. The van der Waals surface area contributed by atoms with E-state index in [0.29, 0.717) is 0 Å². The van der Waals surface area contributed by atoms with Crippen LogP contribution in [-0.4, -0.2) is 41.7 Å². The normalized spacial score (nSPS) is 12.2. The van der Waals surface area contributed by atoms with Crippen LogP contribution in [0.5, 0.6) is 5.88 Å². The number of pyridine rings is 1. The van der Waals surface area contributed by atoms with Crippen molar-refractivity contribution in [1.29, 1.82) is 0 Å². The van der Waals surface area contributed by atoms with Gasteiger partial charge in [-0.1, -0.05) is 6.07 Å². The Morgan fingerprint density at radius 2 is 1.56 bits per heavy atom. The van der Waals surface area contributed by atoms with Crippen LogP contribution in [0.2, 0.25) is 0 Å². The van der Waals surface area contributed by atoms with Crippen LogP contribution >= 0.6 is 0 Å². The van der Waals surface area contributed by atoms with Gasteiger partial charge in [-0.25, -0.2) is 16.8 Å². The van der Waals surface area contributed by atoms with Gasteiger partial charge < -0.3 is 4.74 Å². The highest BCUT2D eigenvalue weighted by Crippen LogP contribution is 2.24. The summed E-state index contributed by atoms with van der Waals surface area (Å²) in [5, 5.41) is 0. The van der Waals surface area contributed by atoms with Gasteiger partial charge in [-0.05, 0) is 30.3 Å². The van der Waals surface area contributed by atoms with E-state index in [1.807, 2.05) is 0 Å². The van der Waals surface area contributed by atoms with Gasteiger partial charge in [-0.2, -0.15) is 13.8 Å². The predicted octanol–water partition coefficient (Wildman–Crippen LogP) is 1.91. The molecule has 1 heterocycles. The first-order valence-corrected chi connectivity index (χ1v) is 9.71. The molecule has 25 heavy (non-hydrogen) atoms. The molecule has 0 fully saturated rings. The molecule has 0 bridgehead atoms. The summed E-state index contributed by atoms with van der Waals surface area (Å²) in [7, 11) is -6.23. The van der Waals surface area contributed by atoms with E-state index >= 15 is 0 Å². The summed E-state index contributed by atoms with van der Waals surface area (Å²) in [4.78, 5) is 3.06. The van der Waals surface area contributed by atoms with E-state index in [4.69, 9.17) is 4.74 Å². The lowest BCUT2D eigenvalue weighted by Gasteiger charge is -2.19. The molecular weight excluding hydrogens is 378 g/mol. The standard InChI is InChI=1S/C14H14F2N2O5S2/c1-18(12-4-3-5-13(17-12)23-2)25(21,22)11-8-6-10(7-9-11)24(19,20)14(15)16/h3-9,14H,1-2H3. The molecule has 0 atom stereocenters. The fraction of sp³-hybridized carbons (Fsp3) is 0.214. The Morgan fingerprint density at radius 1 is 1.00 bits per heavy atom. The quantitative estimate of drug-likeness (QED) is 0.746. The number of methoxy groups -OCH3 is 1. The van der Waals surface area contributed by atoms with E-state index in [2.05, 4.69) is 4.98 Å². The largest absolute Gasteiger partial charge is 0.481 e. The molecule has 0 saturated heterocycles. The van der Waals surface area contributed by atoms with Gasteiger partial charge >= 0.3 is 5.76 Å². The maximum Gasteiger partial charge on any atom is 0.341 e. The maximum absolute atomic E-state index is 12.6. The average molecular weight is 392 g/mol. The van der Waals surface area contributed by atoms with Crippen molar-refractivity contribution >= 4 is 25.7 Å². The van der Waals surface area contributed by atoms with Gasteiger partial charge in [0, 0.05) is 13.1 Å². The van der Waals surface area contributed by atoms with E-state index < -0.39 is 30.5 Å². The molecule has 7 nitrogen and oxygen atoms in total. The number of anilines is 1. The van der Waals surface area contributed by atoms with Crippen molar-refractivity contribution < 1.29 is 30.4 Å². The molecule has 0 radical (unpaired) electrons. The number of benzene rings is 1. The average Bonchev–Trinajstić information content (AvgIpc) is 2.61. The third-order valence-electron chi connectivity index (χ3n) is 3.29. The van der Waals surface area contributed by atoms with E-state index in [0.717, 1.165) is 28.6 Å². The molecule has 0 saturated carbocycles. The summed E-state index contributed by atoms with van der Waals surface area (Å²) >= 11 is 0. The molecule has 1 aromatic heterocycles. The Balaban J connectivity index is 2.39. The first kappa shape index (κ1) is 19.1. The lowest BCUT2D eigenvalue weighted by atomic mass is 10.4. The van der Waals surface area contributed by atoms with Gasteiger partial charge in [-0.3, -0.25) is 4.31 Å². The third-order valence-corrected chi connectivity index (χ3v) is 6.46. The zero-order chi connectivity index (χ0) is 18.8. The first-order valence-electron chi connectivity index (χ1n) is 6.73. The molecule has 0 unspecified atom stereocenters. The number of rotatable bonds is 6. The van der Waals surface area contributed by atoms with Crippen molar-refractivity contribution in [2.75, 3.05) is 18.5 Å². The number of aromatic nitrogens is 1. The summed E-state index contributed by atoms with van der Waals surface area (Å²) < 4.78 is 78.8. The molecule has 1 aromatic carbocycles. The van der Waals surface area contributed by atoms with Gasteiger partial charge in [0.25, 0.3) is 10.0 Å². The Bertz CT molecular complexity index is 961. The summed E-state index contributed by atoms with van der Waals surface area (Å²) in [6, 6.07) is 8.06. The molecule has 136 valence electrons. The van der Waals surface area contributed by atoms with Crippen LogP contribution in [0.4, 0.5) is 14.6 Å². The molecule has 0 spiro atoms. The number of hydrogen-bond donors (Lipinski definition) is 0. The number of hydrogen-bond acceptors (Lipinski definition) is 6. The van der Waals surface area contributed by atoms with Crippen LogP contribution in [0.3, 0.4) is 0 Å². The lowest BCUT2D eigenvalue weighted by molar-refractivity contribution is 0.234. The molecule has 2 aromatic rings. The van der Waals surface area contributed by atoms with Crippen molar-refractivity contribution in [3.05, 3.63) is 42.5 Å². The zero-order valence-corrected chi connectivity index (χ0v) is 14.8. The number of ether oxygens (including phenoxy) is 1. The summed E-state index contributed by atoms with van der Waals surface area (Å²) in [5.74, 6) is -3.31. The van der Waals surface area contributed by atoms with Crippen LogP contribution in [0.25, 0.3) is 0 Å². The molecule has 0 aliphatic carbocycles. The molecule has 0 aliphatic rings. The van der Waals surface area contributed by atoms with Gasteiger partial charge in [0.05, 0.1) is 16.9 Å². The third kappa shape index (κ3) is 3.71. The van der Waals surface area contributed by atoms with Crippen molar-refractivity contribution in [3.63, 3.8) is 0 Å². The van der Waals surface area contributed by atoms with E-state index in [1.54, 1.807) is 6.07 Å². The summed E-state index contributed by atoms with van der Waals surface area (Å²) in [6.45, 7) is 0.